The van der Waals surface area contributed by atoms with Crippen LogP contribution in [-0.2, 0) is 16.1 Å². The molecule has 0 spiro atoms. The van der Waals surface area contributed by atoms with Crippen molar-refractivity contribution in [2.45, 2.75) is 26.3 Å². The highest BCUT2D eigenvalue weighted by atomic mass is 16.5. The Balaban J connectivity index is 1.90. The summed E-state index contributed by atoms with van der Waals surface area (Å²) >= 11 is 0. The van der Waals surface area contributed by atoms with Crippen molar-refractivity contribution < 1.29 is 14.3 Å². The Kier molecular flexibility index (Phi) is 5.23. The number of benzene rings is 1. The van der Waals surface area contributed by atoms with Crippen LogP contribution in [0.5, 0.6) is 0 Å². The van der Waals surface area contributed by atoms with Crippen molar-refractivity contribution in [2.75, 3.05) is 6.61 Å². The van der Waals surface area contributed by atoms with Crippen LogP contribution >= 0.6 is 0 Å². The summed E-state index contributed by atoms with van der Waals surface area (Å²) in [6.07, 6.45) is 4.75. The summed E-state index contributed by atoms with van der Waals surface area (Å²) in [5.41, 5.74) is 2.55. The molecule has 2 aromatic rings. The van der Waals surface area contributed by atoms with Gasteiger partial charge in [0.2, 0.25) is 0 Å². The average molecular weight is 336 g/mol. The number of pyridine rings is 1. The highest BCUT2D eigenvalue weighted by Gasteiger charge is 2.34. The fraction of sp³-hybridized carbons (Fsp3) is 0.250. The van der Waals surface area contributed by atoms with E-state index in [4.69, 9.17) is 4.74 Å². The number of rotatable bonds is 6. The monoisotopic (exact) mass is 336 g/mol. The molecule has 1 aromatic carbocycles. The molecule has 0 fully saturated rings. The van der Waals surface area contributed by atoms with E-state index in [0.717, 1.165) is 18.4 Å². The van der Waals surface area contributed by atoms with Gasteiger partial charge >= 0.3 is 5.97 Å². The summed E-state index contributed by atoms with van der Waals surface area (Å²) < 4.78 is 5.22. The maximum atomic E-state index is 12.7. The Labute approximate surface area is 146 Å². The van der Waals surface area contributed by atoms with Crippen molar-refractivity contribution in [2.24, 2.45) is 0 Å². The lowest BCUT2D eigenvalue weighted by atomic mass is 10.1. The third-order valence-corrected chi connectivity index (χ3v) is 4.00. The van der Waals surface area contributed by atoms with Crippen LogP contribution in [0.2, 0.25) is 0 Å². The van der Waals surface area contributed by atoms with E-state index in [1.807, 2.05) is 37.3 Å². The molecular formula is C20H20N2O3. The number of carbonyl (C=O) groups excluding carboxylic acids is 2. The van der Waals surface area contributed by atoms with Gasteiger partial charge in [-0.05, 0) is 24.1 Å². The molecule has 0 atom stereocenters. The van der Waals surface area contributed by atoms with Gasteiger partial charge in [-0.25, -0.2) is 4.79 Å². The van der Waals surface area contributed by atoms with Gasteiger partial charge in [0.25, 0.3) is 5.91 Å². The first-order chi connectivity index (χ1) is 12.2. The van der Waals surface area contributed by atoms with Crippen molar-refractivity contribution in [1.29, 1.82) is 0 Å². The fourth-order valence-corrected chi connectivity index (χ4v) is 2.71. The topological polar surface area (TPSA) is 59.5 Å². The minimum absolute atomic E-state index is 0.202. The molecule has 2 heterocycles. The summed E-state index contributed by atoms with van der Waals surface area (Å²) in [6.45, 7) is 2.79. The predicted molar refractivity (Wildman–Crippen MR) is 94.4 cm³/mol. The van der Waals surface area contributed by atoms with Gasteiger partial charge in [0.15, 0.2) is 0 Å². The van der Waals surface area contributed by atoms with E-state index < -0.39 is 5.97 Å². The van der Waals surface area contributed by atoms with E-state index in [-0.39, 0.29) is 5.91 Å². The number of unbranched alkanes of at least 4 members (excludes halogenated alkanes) is 1. The fourth-order valence-electron chi connectivity index (χ4n) is 2.71. The molecular weight excluding hydrogens is 316 g/mol. The first-order valence-electron chi connectivity index (χ1n) is 8.40. The molecule has 3 rings (SSSR count). The number of fused-ring (bicyclic) bond motifs is 1. The van der Waals surface area contributed by atoms with Crippen LogP contribution in [0.15, 0.2) is 54.7 Å². The van der Waals surface area contributed by atoms with Crippen molar-refractivity contribution in [3.05, 3.63) is 71.6 Å². The number of esters is 1. The molecule has 0 unspecified atom stereocenters. The lowest BCUT2D eigenvalue weighted by Crippen LogP contribution is -2.23. The summed E-state index contributed by atoms with van der Waals surface area (Å²) in [5, 5.41) is 0. The number of carbonyl (C=O) groups is 2. The molecule has 128 valence electrons. The maximum absolute atomic E-state index is 12.7. The van der Waals surface area contributed by atoms with Gasteiger partial charge in [-0.1, -0.05) is 43.7 Å². The highest BCUT2D eigenvalue weighted by Crippen LogP contribution is 2.32. The number of aromatic nitrogens is 1. The number of ether oxygens (including phenoxy) is 1. The van der Waals surface area contributed by atoms with E-state index in [1.165, 1.54) is 6.08 Å². The molecule has 1 aliphatic heterocycles. The van der Waals surface area contributed by atoms with Crippen LogP contribution in [0.3, 0.4) is 0 Å². The van der Waals surface area contributed by atoms with Gasteiger partial charge in [-0.15, -0.1) is 0 Å². The standard InChI is InChI=1S/C20H20N2O3/c1-2-3-12-25-18(23)13-17-16-10-7-11-21-19(16)20(24)22(17)14-15-8-5-4-6-9-15/h4-11,13H,2-3,12,14H2,1H3/b17-13+. The Morgan fingerprint density at radius 3 is 2.76 bits per heavy atom. The summed E-state index contributed by atoms with van der Waals surface area (Å²) in [6, 6.07) is 13.2. The molecule has 0 N–H and O–H groups in total. The third kappa shape index (κ3) is 3.76. The lowest BCUT2D eigenvalue weighted by Gasteiger charge is -2.18. The van der Waals surface area contributed by atoms with Crippen LogP contribution in [-0.4, -0.2) is 28.4 Å². The molecule has 5 heteroatoms. The molecule has 0 saturated heterocycles. The van der Waals surface area contributed by atoms with E-state index in [0.29, 0.717) is 30.1 Å². The number of hydrogen-bond acceptors (Lipinski definition) is 4. The molecule has 1 aliphatic rings. The van der Waals surface area contributed by atoms with Crippen LogP contribution < -0.4 is 0 Å². The zero-order valence-corrected chi connectivity index (χ0v) is 14.1. The third-order valence-electron chi connectivity index (χ3n) is 4.00. The highest BCUT2D eigenvalue weighted by molar-refractivity contribution is 6.10. The zero-order valence-electron chi connectivity index (χ0n) is 14.1. The first kappa shape index (κ1) is 16.9. The predicted octanol–water partition coefficient (Wildman–Crippen LogP) is 3.42. The second-order valence-corrected chi connectivity index (χ2v) is 5.83. The van der Waals surface area contributed by atoms with Gasteiger partial charge in [-0.2, -0.15) is 0 Å². The van der Waals surface area contributed by atoms with Gasteiger partial charge in [0.05, 0.1) is 18.8 Å². The molecule has 25 heavy (non-hydrogen) atoms. The molecule has 0 bridgehead atoms. The zero-order chi connectivity index (χ0) is 17.6. The van der Waals surface area contributed by atoms with Gasteiger partial charge in [0, 0.05) is 17.8 Å². The average Bonchev–Trinajstić information content (AvgIpc) is 2.89. The van der Waals surface area contributed by atoms with Crippen molar-refractivity contribution >= 4 is 17.6 Å². The van der Waals surface area contributed by atoms with Crippen LogP contribution in [0.4, 0.5) is 0 Å². The Bertz CT molecular complexity index is 800. The Morgan fingerprint density at radius 1 is 1.20 bits per heavy atom. The Morgan fingerprint density at radius 2 is 2.00 bits per heavy atom. The van der Waals surface area contributed by atoms with Crippen LogP contribution in [0.25, 0.3) is 5.70 Å². The summed E-state index contributed by atoms with van der Waals surface area (Å²) in [7, 11) is 0. The molecule has 0 saturated carbocycles. The molecule has 0 radical (unpaired) electrons. The van der Waals surface area contributed by atoms with Gasteiger partial charge < -0.3 is 9.64 Å². The Hall–Kier alpha value is -2.95. The van der Waals surface area contributed by atoms with E-state index >= 15 is 0 Å². The number of nitrogens with zero attached hydrogens (tertiary/aromatic N) is 2. The molecule has 5 nitrogen and oxygen atoms in total. The normalized spacial score (nSPS) is 14.7. The summed E-state index contributed by atoms with van der Waals surface area (Å²) in [5.74, 6) is -0.641. The molecule has 1 aromatic heterocycles. The molecule has 1 amide bonds. The van der Waals surface area contributed by atoms with Crippen LogP contribution in [0, 0.1) is 0 Å². The maximum Gasteiger partial charge on any atom is 0.332 e. The minimum atomic E-state index is -0.439. The van der Waals surface area contributed by atoms with E-state index in [9.17, 15) is 9.59 Å². The van der Waals surface area contributed by atoms with Crippen molar-refractivity contribution in [1.82, 2.24) is 9.88 Å². The second kappa shape index (κ2) is 7.75. The van der Waals surface area contributed by atoms with Crippen LogP contribution in [0.1, 0.15) is 41.4 Å². The largest absolute Gasteiger partial charge is 0.462 e. The van der Waals surface area contributed by atoms with E-state index in [1.54, 1.807) is 23.2 Å². The van der Waals surface area contributed by atoms with Crippen molar-refractivity contribution in [3.8, 4) is 0 Å². The number of hydrogen-bond donors (Lipinski definition) is 0. The second-order valence-electron chi connectivity index (χ2n) is 5.83. The SMILES string of the molecule is CCCCOC(=O)/C=C1\c2cccnc2C(=O)N1Cc1ccccc1. The van der Waals surface area contributed by atoms with Gasteiger partial charge in [0.1, 0.15) is 5.69 Å². The molecule has 0 aliphatic carbocycles. The lowest BCUT2D eigenvalue weighted by molar-refractivity contribution is -0.137. The van der Waals surface area contributed by atoms with E-state index in [2.05, 4.69) is 4.98 Å². The number of amides is 1. The van der Waals surface area contributed by atoms with Gasteiger partial charge in [-0.3, -0.25) is 9.78 Å². The smallest absolute Gasteiger partial charge is 0.332 e. The summed E-state index contributed by atoms with van der Waals surface area (Å²) in [4.78, 5) is 30.6. The quantitative estimate of drug-likeness (QED) is 0.461. The minimum Gasteiger partial charge on any atom is -0.462 e. The van der Waals surface area contributed by atoms with Crippen molar-refractivity contribution in [3.63, 3.8) is 0 Å². The first-order valence-corrected chi connectivity index (χ1v) is 8.40.